The lowest BCUT2D eigenvalue weighted by atomic mass is 9.76. The zero-order valence-electron chi connectivity index (χ0n) is 13.2. The van der Waals surface area contributed by atoms with Crippen LogP contribution in [0.2, 0.25) is 0 Å². The summed E-state index contributed by atoms with van der Waals surface area (Å²) in [5, 5.41) is 0. The summed E-state index contributed by atoms with van der Waals surface area (Å²) in [4.78, 5) is 0. The molecule has 1 aliphatic rings. The first-order chi connectivity index (χ1) is 8.73. The Kier molecular flexibility index (Phi) is 4.69. The van der Waals surface area contributed by atoms with Crippen LogP contribution in [0.1, 0.15) is 47.1 Å². The molecule has 1 aromatic rings. The molecule has 0 unspecified atom stereocenters. The molecule has 2 rings (SSSR count). The van der Waals surface area contributed by atoms with Crippen molar-refractivity contribution in [2.24, 2.45) is 0 Å². The predicted octanol–water partition coefficient (Wildman–Crippen LogP) is 2.90. The molecule has 0 aliphatic carbocycles. The van der Waals surface area contributed by atoms with Crippen LogP contribution in [-0.2, 0) is 9.31 Å². The van der Waals surface area contributed by atoms with Crippen molar-refractivity contribution in [2.75, 3.05) is 5.73 Å². The monoisotopic (exact) mass is 263 g/mol. The number of anilines is 1. The Balaban J connectivity index is 0.000000861. The molecular weight excluding hydrogens is 237 g/mol. The topological polar surface area (TPSA) is 44.5 Å². The Morgan fingerprint density at radius 1 is 1.00 bits per heavy atom. The third-order valence-electron chi connectivity index (χ3n) is 3.80. The zero-order valence-corrected chi connectivity index (χ0v) is 13.2. The highest BCUT2D eigenvalue weighted by Gasteiger charge is 2.51. The molecule has 0 spiro atoms. The van der Waals surface area contributed by atoms with Crippen LogP contribution < -0.4 is 11.2 Å². The summed E-state index contributed by atoms with van der Waals surface area (Å²) >= 11 is 0. The second-order valence-corrected chi connectivity index (χ2v) is 5.70. The maximum absolute atomic E-state index is 6.01. The van der Waals surface area contributed by atoms with Gasteiger partial charge in [0, 0.05) is 5.69 Å². The fraction of sp³-hybridized carbons (Fsp3) is 0.600. The Bertz CT molecular complexity index is 428. The van der Waals surface area contributed by atoms with Gasteiger partial charge < -0.3 is 15.0 Å². The van der Waals surface area contributed by atoms with Crippen LogP contribution in [0.15, 0.2) is 18.2 Å². The molecule has 0 amide bonds. The Morgan fingerprint density at radius 2 is 1.47 bits per heavy atom. The Hall–Kier alpha value is -0.995. The van der Waals surface area contributed by atoms with Crippen LogP contribution in [0.4, 0.5) is 5.69 Å². The number of hydrogen-bond donors (Lipinski definition) is 1. The van der Waals surface area contributed by atoms with Crippen molar-refractivity contribution in [3.8, 4) is 0 Å². The van der Waals surface area contributed by atoms with Gasteiger partial charge in [0.1, 0.15) is 0 Å². The predicted molar refractivity (Wildman–Crippen MR) is 82.7 cm³/mol. The summed E-state index contributed by atoms with van der Waals surface area (Å²) in [6.07, 6.45) is 0. The van der Waals surface area contributed by atoms with Crippen molar-refractivity contribution in [3.05, 3.63) is 23.8 Å². The molecule has 4 heteroatoms. The largest absolute Gasteiger partial charge is 0.495 e. The van der Waals surface area contributed by atoms with Crippen molar-refractivity contribution in [1.82, 2.24) is 0 Å². The molecule has 19 heavy (non-hydrogen) atoms. The number of rotatable bonds is 1. The summed E-state index contributed by atoms with van der Waals surface area (Å²) in [6, 6.07) is 5.81. The standard InChI is InChI=1S/C13H20BNO2.C2H6/c1-9-8-10(15)6-7-11(9)14-16-12(2,3)13(4,5)17-14;1-2/h6-8H,15H2,1-5H3;1-2H3. The SMILES string of the molecule is CC.Cc1cc(N)ccc1B1OC(C)(C)C(C)(C)O1. The van der Waals surface area contributed by atoms with Gasteiger partial charge in [0.25, 0.3) is 0 Å². The molecule has 1 fully saturated rings. The first-order valence-corrected chi connectivity index (χ1v) is 6.95. The first-order valence-electron chi connectivity index (χ1n) is 6.95. The third-order valence-corrected chi connectivity index (χ3v) is 3.80. The minimum absolute atomic E-state index is 0.300. The second-order valence-electron chi connectivity index (χ2n) is 5.70. The van der Waals surface area contributed by atoms with E-state index in [2.05, 4.69) is 27.7 Å². The van der Waals surface area contributed by atoms with Crippen molar-refractivity contribution in [2.45, 2.75) is 59.7 Å². The van der Waals surface area contributed by atoms with Crippen LogP contribution in [0.25, 0.3) is 0 Å². The summed E-state index contributed by atoms with van der Waals surface area (Å²) in [7, 11) is -0.305. The summed E-state index contributed by atoms with van der Waals surface area (Å²) < 4.78 is 12.0. The average Bonchev–Trinajstić information content (AvgIpc) is 2.50. The number of aryl methyl sites for hydroxylation is 1. The first kappa shape index (κ1) is 16.1. The van der Waals surface area contributed by atoms with Gasteiger partial charge in [-0.25, -0.2) is 0 Å². The molecule has 1 aliphatic heterocycles. The van der Waals surface area contributed by atoms with Crippen molar-refractivity contribution in [1.29, 1.82) is 0 Å². The zero-order chi connectivity index (χ0) is 14.8. The maximum Gasteiger partial charge on any atom is 0.495 e. The van der Waals surface area contributed by atoms with Crippen molar-refractivity contribution < 1.29 is 9.31 Å². The van der Waals surface area contributed by atoms with Crippen molar-refractivity contribution >= 4 is 18.3 Å². The molecule has 0 radical (unpaired) electrons. The quantitative estimate of drug-likeness (QED) is 0.626. The van der Waals surface area contributed by atoms with E-state index in [-0.39, 0.29) is 18.3 Å². The number of nitrogen functional groups attached to an aromatic ring is 1. The number of benzene rings is 1. The highest BCUT2D eigenvalue weighted by Crippen LogP contribution is 2.36. The van der Waals surface area contributed by atoms with Gasteiger partial charge in [0.2, 0.25) is 0 Å². The Labute approximate surface area is 117 Å². The van der Waals surface area contributed by atoms with E-state index >= 15 is 0 Å². The van der Waals surface area contributed by atoms with Crippen LogP contribution in [0.5, 0.6) is 0 Å². The van der Waals surface area contributed by atoms with Gasteiger partial charge in [-0.3, -0.25) is 0 Å². The van der Waals surface area contributed by atoms with E-state index < -0.39 is 0 Å². The van der Waals surface area contributed by atoms with Gasteiger partial charge in [-0.05, 0) is 57.8 Å². The van der Waals surface area contributed by atoms with E-state index in [0.717, 1.165) is 16.7 Å². The van der Waals surface area contributed by atoms with Gasteiger partial charge >= 0.3 is 7.12 Å². The summed E-state index contributed by atoms with van der Waals surface area (Å²) in [5.74, 6) is 0. The molecule has 0 bridgehead atoms. The van der Waals surface area contributed by atoms with E-state index in [1.165, 1.54) is 0 Å². The van der Waals surface area contributed by atoms with Gasteiger partial charge in [-0.15, -0.1) is 0 Å². The normalized spacial score (nSPS) is 19.8. The number of nitrogens with two attached hydrogens (primary N) is 1. The third kappa shape index (κ3) is 3.12. The molecule has 0 saturated carbocycles. The van der Waals surface area contributed by atoms with Gasteiger partial charge in [0.15, 0.2) is 0 Å². The van der Waals surface area contributed by atoms with Gasteiger partial charge in [0.05, 0.1) is 11.2 Å². The minimum atomic E-state index is -0.305. The second kappa shape index (κ2) is 5.55. The minimum Gasteiger partial charge on any atom is -0.399 e. The highest BCUT2D eigenvalue weighted by molar-refractivity contribution is 6.62. The molecule has 1 heterocycles. The fourth-order valence-electron chi connectivity index (χ4n) is 1.93. The molecular formula is C15H26BNO2. The van der Waals surface area contributed by atoms with E-state index in [0.29, 0.717) is 0 Å². The van der Waals surface area contributed by atoms with Crippen LogP contribution in [0, 0.1) is 6.92 Å². The van der Waals surface area contributed by atoms with Crippen molar-refractivity contribution in [3.63, 3.8) is 0 Å². The summed E-state index contributed by atoms with van der Waals surface area (Å²) in [5.41, 5.74) is 8.07. The van der Waals surface area contributed by atoms with Gasteiger partial charge in [-0.2, -0.15) is 0 Å². The van der Waals surface area contributed by atoms with E-state index in [1.54, 1.807) is 0 Å². The molecule has 1 aromatic carbocycles. The molecule has 2 N–H and O–H groups in total. The molecule has 1 saturated heterocycles. The smallest absolute Gasteiger partial charge is 0.399 e. The molecule has 0 aromatic heterocycles. The number of hydrogen-bond acceptors (Lipinski definition) is 3. The van der Waals surface area contributed by atoms with Crippen LogP contribution >= 0.6 is 0 Å². The molecule has 0 atom stereocenters. The fourth-order valence-corrected chi connectivity index (χ4v) is 1.93. The van der Waals surface area contributed by atoms with Crippen LogP contribution in [-0.4, -0.2) is 18.3 Å². The highest BCUT2D eigenvalue weighted by atomic mass is 16.7. The molecule has 3 nitrogen and oxygen atoms in total. The van der Waals surface area contributed by atoms with E-state index in [9.17, 15) is 0 Å². The lowest BCUT2D eigenvalue weighted by Crippen LogP contribution is -2.41. The Morgan fingerprint density at radius 3 is 1.89 bits per heavy atom. The lowest BCUT2D eigenvalue weighted by molar-refractivity contribution is 0.00578. The average molecular weight is 263 g/mol. The lowest BCUT2D eigenvalue weighted by Gasteiger charge is -2.32. The van der Waals surface area contributed by atoms with Crippen LogP contribution in [0.3, 0.4) is 0 Å². The van der Waals surface area contributed by atoms with E-state index in [1.807, 2.05) is 39.0 Å². The maximum atomic E-state index is 6.01. The molecule has 106 valence electrons. The van der Waals surface area contributed by atoms with Gasteiger partial charge in [-0.1, -0.05) is 19.9 Å². The summed E-state index contributed by atoms with van der Waals surface area (Å²) in [6.45, 7) is 14.2. The van der Waals surface area contributed by atoms with E-state index in [4.69, 9.17) is 15.0 Å².